The molecule has 28 heavy (non-hydrogen) atoms. The lowest BCUT2D eigenvalue weighted by atomic mass is 10.2. The predicted octanol–water partition coefficient (Wildman–Crippen LogP) is 3.22. The van der Waals surface area contributed by atoms with Gasteiger partial charge in [-0.2, -0.15) is 0 Å². The van der Waals surface area contributed by atoms with Crippen molar-refractivity contribution in [2.75, 3.05) is 5.75 Å². The first kappa shape index (κ1) is 22.7. The van der Waals surface area contributed by atoms with Gasteiger partial charge in [-0.05, 0) is 52.3 Å². The number of aromatic nitrogens is 2. The van der Waals surface area contributed by atoms with Crippen molar-refractivity contribution >= 4 is 38.7 Å². The number of benzene rings is 1. The lowest BCUT2D eigenvalue weighted by Crippen LogP contribution is -2.43. The zero-order chi connectivity index (χ0) is 21.1. The normalized spacial score (nSPS) is 12.3. The minimum atomic E-state index is -3.79. The molecule has 9 heteroatoms. The lowest BCUT2D eigenvalue weighted by Gasteiger charge is -2.30. The Morgan fingerprint density at radius 2 is 1.89 bits per heavy atom. The van der Waals surface area contributed by atoms with Crippen LogP contribution in [0.1, 0.15) is 47.5 Å². The second-order valence-corrected chi connectivity index (χ2v) is 9.88. The number of imidazole rings is 1. The topological polar surface area (TPSA) is 98.3 Å². The van der Waals surface area contributed by atoms with E-state index >= 15 is 0 Å². The lowest BCUT2D eigenvalue weighted by molar-refractivity contribution is -0.131. The third kappa shape index (κ3) is 5.27. The Morgan fingerprint density at radius 3 is 2.43 bits per heavy atom. The summed E-state index contributed by atoms with van der Waals surface area (Å²) in [6, 6.07) is 4.99. The molecule has 1 aromatic heterocycles. The van der Waals surface area contributed by atoms with Crippen LogP contribution >= 0.6 is 11.8 Å². The van der Waals surface area contributed by atoms with Gasteiger partial charge in [-0.15, -0.1) is 0 Å². The number of carbonyl (C=O) groups is 1. The third-order valence-electron chi connectivity index (χ3n) is 4.47. The van der Waals surface area contributed by atoms with Gasteiger partial charge in [-0.3, -0.25) is 4.79 Å². The van der Waals surface area contributed by atoms with Gasteiger partial charge >= 0.3 is 0 Å². The van der Waals surface area contributed by atoms with E-state index in [0.717, 1.165) is 30.1 Å². The smallest absolute Gasteiger partial charge is 0.238 e. The van der Waals surface area contributed by atoms with Crippen molar-refractivity contribution in [3.8, 4) is 0 Å². The molecule has 7 nitrogen and oxygen atoms in total. The van der Waals surface area contributed by atoms with Gasteiger partial charge in [0.2, 0.25) is 15.9 Å². The number of hydrogen-bond acceptors (Lipinski definition) is 5. The van der Waals surface area contributed by atoms with Crippen LogP contribution in [0.4, 0.5) is 0 Å². The molecule has 0 atom stereocenters. The molecule has 0 radical (unpaired) electrons. The van der Waals surface area contributed by atoms with E-state index in [1.165, 1.54) is 23.9 Å². The van der Waals surface area contributed by atoms with Crippen molar-refractivity contribution < 1.29 is 13.2 Å². The Bertz CT molecular complexity index is 928. The molecule has 0 saturated carbocycles. The minimum Gasteiger partial charge on any atom is -0.337 e. The first-order valence-corrected chi connectivity index (χ1v) is 12.1. The quantitative estimate of drug-likeness (QED) is 0.621. The van der Waals surface area contributed by atoms with E-state index in [4.69, 9.17) is 5.14 Å². The second-order valence-electron chi connectivity index (χ2n) is 7.37. The van der Waals surface area contributed by atoms with Crippen LogP contribution in [0.3, 0.4) is 0 Å². The molecule has 1 aromatic carbocycles. The van der Waals surface area contributed by atoms with E-state index in [1.54, 1.807) is 6.07 Å². The van der Waals surface area contributed by atoms with Gasteiger partial charge in [0.15, 0.2) is 5.16 Å². The number of nitrogens with zero attached hydrogens (tertiary/aromatic N) is 3. The van der Waals surface area contributed by atoms with Gasteiger partial charge in [0.05, 0.1) is 21.7 Å². The number of nitrogens with two attached hydrogens (primary N) is 1. The fourth-order valence-electron chi connectivity index (χ4n) is 3.28. The van der Waals surface area contributed by atoms with Crippen molar-refractivity contribution in [1.29, 1.82) is 0 Å². The number of rotatable bonds is 9. The Morgan fingerprint density at radius 1 is 1.25 bits per heavy atom. The molecule has 0 spiro atoms. The monoisotopic (exact) mass is 426 g/mol. The van der Waals surface area contributed by atoms with Crippen LogP contribution in [0.25, 0.3) is 11.0 Å². The number of hydrogen-bond donors (Lipinski definition) is 1. The first-order chi connectivity index (χ1) is 13.1. The van der Waals surface area contributed by atoms with Gasteiger partial charge in [-0.1, -0.05) is 25.1 Å². The van der Waals surface area contributed by atoms with Crippen LogP contribution in [0, 0.1) is 0 Å². The number of unbranched alkanes of at least 4 members (excludes halogenated alkanes) is 1. The summed E-state index contributed by atoms with van der Waals surface area (Å²) in [4.78, 5) is 19.2. The second kappa shape index (κ2) is 9.28. The highest BCUT2D eigenvalue weighted by Gasteiger charge is 2.22. The summed E-state index contributed by atoms with van der Waals surface area (Å²) in [5.74, 6) is 0.350. The van der Waals surface area contributed by atoms with E-state index in [9.17, 15) is 13.2 Å². The van der Waals surface area contributed by atoms with Crippen LogP contribution in [0.5, 0.6) is 0 Å². The zero-order valence-electron chi connectivity index (χ0n) is 17.2. The molecule has 2 N–H and O–H groups in total. The highest BCUT2D eigenvalue weighted by Crippen LogP contribution is 2.27. The van der Waals surface area contributed by atoms with Crippen molar-refractivity contribution in [1.82, 2.24) is 14.5 Å². The predicted molar refractivity (Wildman–Crippen MR) is 114 cm³/mol. The van der Waals surface area contributed by atoms with Gasteiger partial charge in [0.1, 0.15) is 0 Å². The maximum absolute atomic E-state index is 12.7. The number of fused-ring (bicyclic) bond motifs is 1. The van der Waals surface area contributed by atoms with Crippen LogP contribution < -0.4 is 5.14 Å². The van der Waals surface area contributed by atoms with Gasteiger partial charge in [0.25, 0.3) is 0 Å². The molecule has 0 saturated heterocycles. The van der Waals surface area contributed by atoms with E-state index in [0.29, 0.717) is 5.52 Å². The number of primary sulfonamides is 1. The van der Waals surface area contributed by atoms with Crippen molar-refractivity contribution in [2.45, 2.75) is 76.1 Å². The fraction of sp³-hybridized carbons (Fsp3) is 0.579. The number of carbonyl (C=O) groups excluding carboxylic acids is 1. The molecule has 2 aromatic rings. The summed E-state index contributed by atoms with van der Waals surface area (Å²) in [6.45, 7) is 10.9. The molecule has 0 aliphatic rings. The van der Waals surface area contributed by atoms with Crippen LogP contribution in [-0.4, -0.2) is 46.6 Å². The van der Waals surface area contributed by atoms with Crippen LogP contribution in [0.2, 0.25) is 0 Å². The molecule has 0 unspecified atom stereocenters. The average Bonchev–Trinajstić information content (AvgIpc) is 2.93. The first-order valence-electron chi connectivity index (χ1n) is 9.53. The third-order valence-corrected chi connectivity index (χ3v) is 6.35. The van der Waals surface area contributed by atoms with Crippen LogP contribution in [0.15, 0.2) is 28.3 Å². The Labute approximate surface area is 171 Å². The summed E-state index contributed by atoms with van der Waals surface area (Å²) in [5, 5.41) is 5.96. The van der Waals surface area contributed by atoms with Gasteiger partial charge in [0, 0.05) is 18.6 Å². The SMILES string of the molecule is CCCCn1c(SCC(=O)N(C(C)C)C(C)C)nc2cc(S(N)(=O)=O)ccc21. The fourth-order valence-corrected chi connectivity index (χ4v) is 4.72. The largest absolute Gasteiger partial charge is 0.337 e. The molecule has 1 heterocycles. The molecule has 0 aliphatic carbocycles. The van der Waals surface area contributed by atoms with Crippen molar-refractivity contribution in [3.63, 3.8) is 0 Å². The maximum Gasteiger partial charge on any atom is 0.238 e. The van der Waals surface area contributed by atoms with Gasteiger partial charge < -0.3 is 9.47 Å². The molecular formula is C19H30N4O3S2. The summed E-state index contributed by atoms with van der Waals surface area (Å²) >= 11 is 1.39. The number of aryl methyl sites for hydroxylation is 1. The van der Waals surface area contributed by atoms with E-state index < -0.39 is 10.0 Å². The van der Waals surface area contributed by atoms with E-state index in [2.05, 4.69) is 16.5 Å². The molecule has 0 fully saturated rings. The van der Waals surface area contributed by atoms with Crippen LogP contribution in [-0.2, 0) is 21.4 Å². The molecule has 0 aliphatic heterocycles. The van der Waals surface area contributed by atoms with E-state index in [1.807, 2.05) is 32.6 Å². The highest BCUT2D eigenvalue weighted by molar-refractivity contribution is 7.99. The number of thioether (sulfide) groups is 1. The summed E-state index contributed by atoms with van der Waals surface area (Å²) in [5.41, 5.74) is 1.42. The maximum atomic E-state index is 12.7. The molecule has 0 bridgehead atoms. The number of sulfonamides is 1. The zero-order valence-corrected chi connectivity index (χ0v) is 18.8. The summed E-state index contributed by atoms with van der Waals surface area (Å²) < 4.78 is 25.3. The Kier molecular flexibility index (Phi) is 7.52. The van der Waals surface area contributed by atoms with Crippen molar-refractivity contribution in [3.05, 3.63) is 18.2 Å². The average molecular weight is 427 g/mol. The van der Waals surface area contributed by atoms with E-state index in [-0.39, 0.29) is 28.6 Å². The Hall–Kier alpha value is -1.58. The van der Waals surface area contributed by atoms with Gasteiger partial charge in [-0.25, -0.2) is 18.5 Å². The molecule has 1 amide bonds. The Balaban J connectivity index is 2.35. The number of amides is 1. The summed E-state index contributed by atoms with van der Waals surface area (Å²) in [7, 11) is -3.79. The highest BCUT2D eigenvalue weighted by atomic mass is 32.2. The molecular weight excluding hydrogens is 396 g/mol. The minimum absolute atomic E-state index is 0.0403. The summed E-state index contributed by atoms with van der Waals surface area (Å²) in [6.07, 6.45) is 1.99. The van der Waals surface area contributed by atoms with Crippen molar-refractivity contribution in [2.24, 2.45) is 5.14 Å². The molecule has 156 valence electrons. The molecule has 2 rings (SSSR count). The standard InChI is InChI=1S/C19H30N4O3S2/c1-6-7-10-22-17-9-8-15(28(20,25)26)11-16(17)21-19(22)27-12-18(24)23(13(2)3)14(4)5/h8-9,11,13-14H,6-7,10,12H2,1-5H3,(H2,20,25,26).